The molecule has 1 amide bonds. The second kappa shape index (κ2) is 6.23. The standard InChI is InChI=1S/C8H11F2NO2/c1-3-4-13-8(12)11-5-6(2)7(9)10/h1,6-7H,4-5H2,2H3,(H,11,12). The summed E-state index contributed by atoms with van der Waals surface area (Å²) in [5.74, 6) is 1.19. The summed E-state index contributed by atoms with van der Waals surface area (Å²) in [5.41, 5.74) is 0. The van der Waals surface area contributed by atoms with Crippen molar-refractivity contribution in [1.82, 2.24) is 5.32 Å². The molecule has 0 aliphatic heterocycles. The van der Waals surface area contributed by atoms with Crippen LogP contribution in [0.5, 0.6) is 0 Å². The van der Waals surface area contributed by atoms with Gasteiger partial charge in [0.1, 0.15) is 0 Å². The van der Waals surface area contributed by atoms with E-state index in [4.69, 9.17) is 6.42 Å². The molecule has 74 valence electrons. The molecule has 0 heterocycles. The van der Waals surface area contributed by atoms with Crippen LogP contribution in [0.3, 0.4) is 0 Å². The van der Waals surface area contributed by atoms with Crippen molar-refractivity contribution in [1.29, 1.82) is 0 Å². The fourth-order valence-corrected chi connectivity index (χ4v) is 0.492. The minimum Gasteiger partial charge on any atom is -0.436 e. The number of alkyl carbamates (subject to hydrolysis) is 1. The van der Waals surface area contributed by atoms with Gasteiger partial charge in [0.25, 0.3) is 0 Å². The van der Waals surface area contributed by atoms with Crippen LogP contribution in [0.4, 0.5) is 13.6 Å². The van der Waals surface area contributed by atoms with Crippen molar-refractivity contribution < 1.29 is 18.3 Å². The van der Waals surface area contributed by atoms with E-state index >= 15 is 0 Å². The quantitative estimate of drug-likeness (QED) is 0.679. The van der Waals surface area contributed by atoms with E-state index in [1.807, 2.05) is 0 Å². The van der Waals surface area contributed by atoms with E-state index in [1.54, 1.807) is 0 Å². The summed E-state index contributed by atoms with van der Waals surface area (Å²) >= 11 is 0. The Morgan fingerprint density at radius 2 is 2.31 bits per heavy atom. The van der Waals surface area contributed by atoms with Crippen molar-refractivity contribution in [3.63, 3.8) is 0 Å². The van der Waals surface area contributed by atoms with Crippen molar-refractivity contribution in [3.8, 4) is 12.3 Å². The third kappa shape index (κ3) is 5.91. The predicted octanol–water partition coefficient (Wildman–Crippen LogP) is 1.25. The number of halogens is 2. The Kier molecular flexibility index (Phi) is 5.60. The van der Waals surface area contributed by atoms with Crippen molar-refractivity contribution >= 4 is 6.09 Å². The molecule has 0 spiro atoms. The van der Waals surface area contributed by atoms with E-state index in [-0.39, 0.29) is 13.2 Å². The summed E-state index contributed by atoms with van der Waals surface area (Å²) in [6.45, 7) is 1.04. The number of rotatable bonds is 4. The van der Waals surface area contributed by atoms with Gasteiger partial charge in [0.05, 0.1) is 0 Å². The van der Waals surface area contributed by atoms with Gasteiger partial charge >= 0.3 is 6.09 Å². The molecule has 0 aliphatic carbocycles. The van der Waals surface area contributed by atoms with E-state index in [0.29, 0.717) is 0 Å². The zero-order chi connectivity index (χ0) is 10.3. The zero-order valence-corrected chi connectivity index (χ0v) is 7.22. The van der Waals surface area contributed by atoms with E-state index in [9.17, 15) is 13.6 Å². The molecule has 0 aromatic heterocycles. The van der Waals surface area contributed by atoms with Crippen molar-refractivity contribution in [3.05, 3.63) is 0 Å². The van der Waals surface area contributed by atoms with Gasteiger partial charge in [-0.3, -0.25) is 0 Å². The average molecular weight is 191 g/mol. The number of amides is 1. The maximum Gasteiger partial charge on any atom is 0.408 e. The number of carbonyl (C=O) groups is 1. The highest BCUT2D eigenvalue weighted by molar-refractivity contribution is 5.67. The molecular weight excluding hydrogens is 180 g/mol. The summed E-state index contributed by atoms with van der Waals surface area (Å²) < 4.78 is 28.2. The lowest BCUT2D eigenvalue weighted by Gasteiger charge is -2.10. The van der Waals surface area contributed by atoms with Crippen molar-refractivity contribution in [2.24, 2.45) is 5.92 Å². The molecule has 0 bridgehead atoms. The molecule has 1 atom stereocenters. The van der Waals surface area contributed by atoms with Gasteiger partial charge in [0, 0.05) is 12.5 Å². The van der Waals surface area contributed by atoms with Crippen LogP contribution in [0.25, 0.3) is 0 Å². The summed E-state index contributed by atoms with van der Waals surface area (Å²) in [6, 6.07) is 0. The van der Waals surface area contributed by atoms with E-state index < -0.39 is 18.4 Å². The Morgan fingerprint density at radius 3 is 2.77 bits per heavy atom. The van der Waals surface area contributed by atoms with Crippen LogP contribution in [-0.4, -0.2) is 25.7 Å². The molecule has 5 heteroatoms. The molecule has 1 unspecified atom stereocenters. The second-order valence-electron chi connectivity index (χ2n) is 2.47. The normalized spacial score (nSPS) is 11.9. The zero-order valence-electron chi connectivity index (χ0n) is 7.22. The molecule has 3 nitrogen and oxygen atoms in total. The lowest BCUT2D eigenvalue weighted by molar-refractivity contribution is 0.0841. The highest BCUT2D eigenvalue weighted by Gasteiger charge is 2.15. The number of alkyl halides is 2. The van der Waals surface area contributed by atoms with Crippen LogP contribution >= 0.6 is 0 Å². The minimum atomic E-state index is -2.45. The number of hydrogen-bond donors (Lipinski definition) is 1. The number of hydrogen-bond acceptors (Lipinski definition) is 2. The van der Waals surface area contributed by atoms with Gasteiger partial charge in [-0.2, -0.15) is 0 Å². The van der Waals surface area contributed by atoms with Crippen LogP contribution in [0.1, 0.15) is 6.92 Å². The van der Waals surface area contributed by atoms with Crippen molar-refractivity contribution in [2.45, 2.75) is 13.3 Å². The molecule has 0 radical (unpaired) electrons. The number of ether oxygens (including phenoxy) is 1. The van der Waals surface area contributed by atoms with Crippen LogP contribution in [-0.2, 0) is 4.74 Å². The topological polar surface area (TPSA) is 38.3 Å². The van der Waals surface area contributed by atoms with Gasteiger partial charge in [0.15, 0.2) is 6.61 Å². The van der Waals surface area contributed by atoms with Crippen LogP contribution in [0.15, 0.2) is 0 Å². The summed E-state index contributed by atoms with van der Waals surface area (Å²) in [5, 5.41) is 2.16. The van der Waals surface area contributed by atoms with E-state index in [2.05, 4.69) is 16.0 Å². The average Bonchev–Trinajstić information content (AvgIpc) is 2.10. The lowest BCUT2D eigenvalue weighted by atomic mass is 10.2. The third-order valence-electron chi connectivity index (χ3n) is 1.29. The number of nitrogens with one attached hydrogen (secondary N) is 1. The molecule has 0 aliphatic rings. The van der Waals surface area contributed by atoms with Crippen molar-refractivity contribution in [2.75, 3.05) is 13.2 Å². The second-order valence-corrected chi connectivity index (χ2v) is 2.47. The molecule has 0 aromatic rings. The molecule has 0 aromatic carbocycles. The Hall–Kier alpha value is -1.31. The van der Waals surface area contributed by atoms with Crippen LogP contribution < -0.4 is 5.32 Å². The monoisotopic (exact) mass is 191 g/mol. The largest absolute Gasteiger partial charge is 0.436 e. The Bertz CT molecular complexity index is 201. The van der Waals surface area contributed by atoms with Gasteiger partial charge in [0.2, 0.25) is 6.43 Å². The maximum atomic E-state index is 11.9. The Morgan fingerprint density at radius 1 is 1.69 bits per heavy atom. The van der Waals surface area contributed by atoms with Gasteiger partial charge in [-0.1, -0.05) is 12.8 Å². The number of terminal acetylenes is 1. The first kappa shape index (κ1) is 11.7. The van der Waals surface area contributed by atoms with Gasteiger partial charge < -0.3 is 10.1 Å². The predicted molar refractivity (Wildman–Crippen MR) is 43.4 cm³/mol. The van der Waals surface area contributed by atoms with Crippen LogP contribution in [0, 0.1) is 18.3 Å². The molecule has 0 saturated carbocycles. The Balaban J connectivity index is 3.53. The molecule has 0 fully saturated rings. The van der Waals surface area contributed by atoms with Gasteiger partial charge in [-0.25, -0.2) is 13.6 Å². The summed E-state index contributed by atoms with van der Waals surface area (Å²) in [6.07, 6.45) is 1.58. The Labute approximate surface area is 75.4 Å². The van der Waals surface area contributed by atoms with Gasteiger partial charge in [-0.15, -0.1) is 6.42 Å². The first-order valence-corrected chi connectivity index (χ1v) is 3.70. The SMILES string of the molecule is C#CCOC(=O)NCC(C)C(F)F. The van der Waals surface area contributed by atoms with E-state index in [1.165, 1.54) is 6.92 Å². The minimum absolute atomic E-state index is 0.124. The lowest BCUT2D eigenvalue weighted by Crippen LogP contribution is -2.31. The van der Waals surface area contributed by atoms with Crippen LogP contribution in [0.2, 0.25) is 0 Å². The fourth-order valence-electron chi connectivity index (χ4n) is 0.492. The first-order valence-electron chi connectivity index (χ1n) is 3.70. The van der Waals surface area contributed by atoms with E-state index in [0.717, 1.165) is 0 Å². The molecular formula is C8H11F2NO2. The molecule has 0 rings (SSSR count). The fraction of sp³-hybridized carbons (Fsp3) is 0.625. The molecule has 1 N–H and O–H groups in total. The summed E-state index contributed by atoms with van der Waals surface area (Å²) in [7, 11) is 0. The van der Waals surface area contributed by atoms with Gasteiger partial charge in [-0.05, 0) is 0 Å². The maximum absolute atomic E-state index is 11.9. The third-order valence-corrected chi connectivity index (χ3v) is 1.29. The smallest absolute Gasteiger partial charge is 0.408 e. The molecule has 13 heavy (non-hydrogen) atoms. The molecule has 0 saturated heterocycles. The highest BCUT2D eigenvalue weighted by Crippen LogP contribution is 2.06. The highest BCUT2D eigenvalue weighted by atomic mass is 19.3. The summed E-state index contributed by atoms with van der Waals surface area (Å²) in [4.78, 5) is 10.7. The number of carbonyl (C=O) groups excluding carboxylic acids is 1. The first-order chi connectivity index (χ1) is 6.07.